The zero-order chi connectivity index (χ0) is 18.9. The fourth-order valence-corrected chi connectivity index (χ4v) is 2.53. The number of amides is 1. The summed E-state index contributed by atoms with van der Waals surface area (Å²) in [5.41, 5.74) is 7.24. The van der Waals surface area contributed by atoms with Gasteiger partial charge in [0.15, 0.2) is 12.6 Å². The molecule has 0 aliphatic heterocycles. The van der Waals surface area contributed by atoms with Crippen molar-refractivity contribution >= 4 is 23.5 Å². The molecule has 0 saturated carbocycles. The Morgan fingerprint density at radius 1 is 1.23 bits per heavy atom. The molecule has 26 heavy (non-hydrogen) atoms. The number of hydrogen-bond acceptors (Lipinski definition) is 3. The van der Waals surface area contributed by atoms with Crippen LogP contribution in [0.3, 0.4) is 0 Å². The molecule has 0 radical (unpaired) electrons. The van der Waals surface area contributed by atoms with Crippen molar-refractivity contribution in [3.8, 4) is 5.75 Å². The van der Waals surface area contributed by atoms with Gasteiger partial charge in [0, 0.05) is 32.2 Å². The molecule has 0 aliphatic carbocycles. The smallest absolute Gasteiger partial charge is 0.255 e. The predicted octanol–water partition coefficient (Wildman–Crippen LogP) is 2.41. The molecule has 138 valence electrons. The third-order valence-corrected chi connectivity index (χ3v) is 3.89. The molecule has 2 rings (SSSR count). The number of aliphatic imine (C=N–C) groups is 1. The summed E-state index contributed by atoms with van der Waals surface area (Å²) in [6.45, 7) is 1.15. The van der Waals surface area contributed by atoms with Gasteiger partial charge in [0.1, 0.15) is 5.75 Å². The van der Waals surface area contributed by atoms with Crippen LogP contribution in [-0.2, 0) is 17.9 Å². The predicted molar refractivity (Wildman–Crippen MR) is 104 cm³/mol. The van der Waals surface area contributed by atoms with Gasteiger partial charge in [-0.15, -0.1) is 0 Å². The number of nitrogens with two attached hydrogens (primary N) is 1. The van der Waals surface area contributed by atoms with E-state index in [4.69, 9.17) is 22.1 Å². The second-order valence-corrected chi connectivity index (χ2v) is 6.22. The second-order valence-electron chi connectivity index (χ2n) is 5.79. The van der Waals surface area contributed by atoms with E-state index in [0.717, 1.165) is 22.1 Å². The highest BCUT2D eigenvalue weighted by molar-refractivity contribution is 6.30. The maximum Gasteiger partial charge on any atom is 0.255 e. The van der Waals surface area contributed by atoms with Crippen molar-refractivity contribution in [3.63, 3.8) is 0 Å². The molecule has 0 aliphatic rings. The van der Waals surface area contributed by atoms with Crippen molar-refractivity contribution in [1.82, 2.24) is 10.2 Å². The molecule has 0 heterocycles. The number of rotatable bonds is 7. The average Bonchev–Trinajstić information content (AvgIpc) is 2.63. The summed E-state index contributed by atoms with van der Waals surface area (Å²) in [4.78, 5) is 17.1. The molecule has 2 aromatic rings. The highest BCUT2D eigenvalue weighted by Crippen LogP contribution is 2.14. The van der Waals surface area contributed by atoms with E-state index >= 15 is 0 Å². The van der Waals surface area contributed by atoms with Crippen LogP contribution in [0.2, 0.25) is 5.02 Å². The first-order chi connectivity index (χ1) is 12.5. The van der Waals surface area contributed by atoms with Gasteiger partial charge >= 0.3 is 0 Å². The number of carbonyl (C=O) groups is 1. The zero-order valence-electron chi connectivity index (χ0n) is 14.9. The van der Waals surface area contributed by atoms with Gasteiger partial charge in [-0.05, 0) is 35.4 Å². The van der Waals surface area contributed by atoms with Gasteiger partial charge in [-0.2, -0.15) is 0 Å². The van der Waals surface area contributed by atoms with Gasteiger partial charge in [-0.1, -0.05) is 35.9 Å². The third kappa shape index (κ3) is 6.29. The highest BCUT2D eigenvalue weighted by atomic mass is 35.5. The van der Waals surface area contributed by atoms with Crippen LogP contribution in [0.25, 0.3) is 0 Å². The molecule has 0 fully saturated rings. The second kappa shape index (κ2) is 9.68. The van der Waals surface area contributed by atoms with Crippen molar-refractivity contribution < 1.29 is 9.53 Å². The van der Waals surface area contributed by atoms with Crippen molar-refractivity contribution in [1.29, 1.82) is 0 Å². The molecular weight excluding hydrogens is 352 g/mol. The molecule has 2 aromatic carbocycles. The number of primary amides is 1. The molecule has 3 N–H and O–H groups in total. The van der Waals surface area contributed by atoms with Crippen LogP contribution in [0.5, 0.6) is 5.75 Å². The van der Waals surface area contributed by atoms with E-state index in [9.17, 15) is 4.79 Å². The first-order valence-electron chi connectivity index (χ1n) is 8.14. The number of ether oxygens (including phenoxy) is 1. The summed E-state index contributed by atoms with van der Waals surface area (Å²) < 4.78 is 5.32. The number of carbonyl (C=O) groups excluding carboxylic acids is 1. The molecule has 0 saturated heterocycles. The highest BCUT2D eigenvalue weighted by Gasteiger charge is 2.07. The first kappa shape index (κ1) is 19.6. The zero-order valence-corrected chi connectivity index (χ0v) is 15.7. The van der Waals surface area contributed by atoms with Crippen molar-refractivity contribution in [2.24, 2.45) is 10.7 Å². The number of nitrogens with zero attached hydrogens (tertiary/aromatic N) is 2. The standard InChI is InChI=1S/C19H23ClN4O2/c1-22-19(24(2)12-14-6-8-16(20)9-7-14)23-11-15-4-3-5-17(10-15)26-13-18(21)25/h3-10H,11-13H2,1-2H3,(H2,21,25)(H,22,23). The summed E-state index contributed by atoms with van der Waals surface area (Å²) in [5, 5.41) is 4.03. The Labute approximate surface area is 158 Å². The number of guanidine groups is 1. The van der Waals surface area contributed by atoms with Gasteiger partial charge in [0.2, 0.25) is 0 Å². The minimum Gasteiger partial charge on any atom is -0.484 e. The van der Waals surface area contributed by atoms with Crippen molar-refractivity contribution in [2.75, 3.05) is 20.7 Å². The Morgan fingerprint density at radius 3 is 2.62 bits per heavy atom. The van der Waals surface area contributed by atoms with E-state index in [1.54, 1.807) is 13.1 Å². The Kier molecular flexibility index (Phi) is 7.29. The first-order valence-corrected chi connectivity index (χ1v) is 8.52. The van der Waals surface area contributed by atoms with Crippen LogP contribution in [0.4, 0.5) is 0 Å². The van der Waals surface area contributed by atoms with Crippen LogP contribution >= 0.6 is 11.6 Å². The summed E-state index contributed by atoms with van der Waals surface area (Å²) in [6, 6.07) is 15.2. The minimum atomic E-state index is -0.502. The Morgan fingerprint density at radius 2 is 1.96 bits per heavy atom. The van der Waals surface area contributed by atoms with Gasteiger partial charge in [-0.3, -0.25) is 9.79 Å². The Balaban J connectivity index is 1.92. The van der Waals surface area contributed by atoms with E-state index < -0.39 is 5.91 Å². The molecule has 0 unspecified atom stereocenters. The normalized spacial score (nSPS) is 11.1. The lowest BCUT2D eigenvalue weighted by Crippen LogP contribution is -2.38. The fraction of sp³-hybridized carbons (Fsp3) is 0.263. The molecule has 6 nitrogen and oxygen atoms in total. The summed E-state index contributed by atoms with van der Waals surface area (Å²) in [7, 11) is 3.71. The molecule has 0 aromatic heterocycles. The average molecular weight is 375 g/mol. The largest absolute Gasteiger partial charge is 0.484 e. The van der Waals surface area contributed by atoms with Crippen molar-refractivity contribution in [2.45, 2.75) is 13.1 Å². The van der Waals surface area contributed by atoms with Gasteiger partial charge in [0.25, 0.3) is 5.91 Å². The van der Waals surface area contributed by atoms with Crippen LogP contribution in [0.15, 0.2) is 53.5 Å². The Bertz CT molecular complexity index is 762. The SMILES string of the molecule is CN=C(NCc1cccc(OCC(N)=O)c1)N(C)Cc1ccc(Cl)cc1. The summed E-state index contributed by atoms with van der Waals surface area (Å²) in [5.74, 6) is 0.869. The topological polar surface area (TPSA) is 80.0 Å². The molecule has 0 spiro atoms. The van der Waals surface area contributed by atoms with E-state index in [0.29, 0.717) is 18.8 Å². The maximum atomic E-state index is 10.8. The lowest BCUT2D eigenvalue weighted by atomic mass is 10.2. The van der Waals surface area contributed by atoms with E-state index in [1.807, 2.05) is 54.4 Å². The summed E-state index contributed by atoms with van der Waals surface area (Å²) >= 11 is 5.92. The number of nitrogens with one attached hydrogen (secondary N) is 1. The molecule has 0 bridgehead atoms. The van der Waals surface area contributed by atoms with E-state index in [-0.39, 0.29) is 6.61 Å². The van der Waals surface area contributed by atoms with Crippen LogP contribution in [-0.4, -0.2) is 37.5 Å². The Hall–Kier alpha value is -2.73. The molecule has 1 amide bonds. The number of hydrogen-bond donors (Lipinski definition) is 2. The van der Waals surface area contributed by atoms with Crippen LogP contribution in [0.1, 0.15) is 11.1 Å². The van der Waals surface area contributed by atoms with Gasteiger partial charge in [0.05, 0.1) is 0 Å². The monoisotopic (exact) mass is 374 g/mol. The number of halogens is 1. The van der Waals surface area contributed by atoms with E-state index in [2.05, 4.69) is 10.3 Å². The summed E-state index contributed by atoms with van der Waals surface area (Å²) in [6.07, 6.45) is 0. The van der Waals surface area contributed by atoms with Gasteiger partial charge in [-0.25, -0.2) is 0 Å². The number of benzene rings is 2. The van der Waals surface area contributed by atoms with Crippen LogP contribution in [0, 0.1) is 0 Å². The third-order valence-electron chi connectivity index (χ3n) is 3.64. The lowest BCUT2D eigenvalue weighted by Gasteiger charge is -2.22. The van der Waals surface area contributed by atoms with E-state index in [1.165, 1.54) is 0 Å². The fourth-order valence-electron chi connectivity index (χ4n) is 2.40. The quantitative estimate of drug-likeness (QED) is 0.576. The molecule has 0 atom stereocenters. The van der Waals surface area contributed by atoms with Gasteiger partial charge < -0.3 is 20.7 Å². The van der Waals surface area contributed by atoms with Crippen LogP contribution < -0.4 is 15.8 Å². The van der Waals surface area contributed by atoms with Crippen molar-refractivity contribution in [3.05, 3.63) is 64.7 Å². The minimum absolute atomic E-state index is 0.137. The molecule has 7 heteroatoms. The maximum absolute atomic E-state index is 10.8. The molecular formula is C19H23ClN4O2. The lowest BCUT2D eigenvalue weighted by molar-refractivity contribution is -0.119.